The van der Waals surface area contributed by atoms with E-state index < -0.39 is 0 Å². The Morgan fingerprint density at radius 1 is 1.70 bits per heavy atom. The van der Waals surface area contributed by atoms with Crippen LogP contribution >= 0.6 is 0 Å². The standard InChI is InChI=1S/C7H13NO2/c1-4-8-7(9)10-5-6(2)3/h2,4-5H2,1,3H3,(H,8,9). The van der Waals surface area contributed by atoms with Gasteiger partial charge in [-0.05, 0) is 19.4 Å². The van der Waals surface area contributed by atoms with Crippen LogP contribution in [-0.4, -0.2) is 19.2 Å². The fourth-order valence-electron chi connectivity index (χ4n) is 0.384. The Morgan fingerprint density at radius 2 is 2.30 bits per heavy atom. The molecule has 0 atom stereocenters. The Hall–Kier alpha value is -0.990. The van der Waals surface area contributed by atoms with Gasteiger partial charge in [0.1, 0.15) is 6.61 Å². The Bertz CT molecular complexity index is 132. The molecular weight excluding hydrogens is 130 g/mol. The van der Waals surface area contributed by atoms with Gasteiger partial charge in [0.2, 0.25) is 0 Å². The quantitative estimate of drug-likeness (QED) is 0.605. The lowest BCUT2D eigenvalue weighted by Crippen LogP contribution is -2.24. The molecule has 0 saturated carbocycles. The van der Waals surface area contributed by atoms with Crippen molar-refractivity contribution in [1.29, 1.82) is 0 Å². The van der Waals surface area contributed by atoms with Crippen molar-refractivity contribution in [3.8, 4) is 0 Å². The maximum Gasteiger partial charge on any atom is 0.407 e. The third-order valence-corrected chi connectivity index (χ3v) is 0.771. The van der Waals surface area contributed by atoms with E-state index in [9.17, 15) is 4.79 Å². The fourth-order valence-corrected chi connectivity index (χ4v) is 0.384. The van der Waals surface area contributed by atoms with Gasteiger partial charge in [0.25, 0.3) is 0 Å². The van der Waals surface area contributed by atoms with Crippen molar-refractivity contribution in [3.63, 3.8) is 0 Å². The molecule has 0 aliphatic rings. The molecule has 3 heteroatoms. The number of nitrogens with one attached hydrogen (secondary N) is 1. The molecule has 0 rings (SSSR count). The molecule has 0 saturated heterocycles. The molecule has 1 N–H and O–H groups in total. The molecule has 0 aromatic heterocycles. The second-order valence-electron chi connectivity index (χ2n) is 2.06. The van der Waals surface area contributed by atoms with Crippen LogP contribution in [0.25, 0.3) is 0 Å². The van der Waals surface area contributed by atoms with E-state index in [0.29, 0.717) is 13.2 Å². The molecule has 0 aromatic rings. The van der Waals surface area contributed by atoms with E-state index in [0.717, 1.165) is 5.57 Å². The van der Waals surface area contributed by atoms with E-state index in [1.165, 1.54) is 0 Å². The zero-order valence-electron chi connectivity index (χ0n) is 6.44. The van der Waals surface area contributed by atoms with E-state index in [1.54, 1.807) is 6.92 Å². The molecule has 0 spiro atoms. The lowest BCUT2D eigenvalue weighted by Gasteiger charge is -2.03. The molecule has 0 radical (unpaired) electrons. The van der Waals surface area contributed by atoms with Gasteiger partial charge in [-0.3, -0.25) is 0 Å². The number of carbonyl (C=O) groups is 1. The van der Waals surface area contributed by atoms with Crippen LogP contribution in [0.2, 0.25) is 0 Å². The average Bonchev–Trinajstić information content (AvgIpc) is 1.85. The van der Waals surface area contributed by atoms with Crippen LogP contribution in [0.5, 0.6) is 0 Å². The predicted molar refractivity (Wildman–Crippen MR) is 39.8 cm³/mol. The van der Waals surface area contributed by atoms with Crippen LogP contribution in [0, 0.1) is 0 Å². The summed E-state index contributed by atoms with van der Waals surface area (Å²) in [5.74, 6) is 0. The Balaban J connectivity index is 3.30. The minimum atomic E-state index is -0.384. The zero-order chi connectivity index (χ0) is 7.98. The Morgan fingerprint density at radius 3 is 2.70 bits per heavy atom. The van der Waals surface area contributed by atoms with Gasteiger partial charge in [-0.15, -0.1) is 0 Å². The highest BCUT2D eigenvalue weighted by Crippen LogP contribution is 1.87. The van der Waals surface area contributed by atoms with E-state index in [-0.39, 0.29) is 6.09 Å². The molecule has 0 heterocycles. The lowest BCUT2D eigenvalue weighted by atomic mass is 10.4. The first-order valence-electron chi connectivity index (χ1n) is 3.21. The van der Waals surface area contributed by atoms with Gasteiger partial charge in [-0.2, -0.15) is 0 Å². The van der Waals surface area contributed by atoms with Crippen LogP contribution in [0.3, 0.4) is 0 Å². The normalized spacial score (nSPS) is 8.60. The van der Waals surface area contributed by atoms with Crippen molar-refractivity contribution >= 4 is 6.09 Å². The van der Waals surface area contributed by atoms with Gasteiger partial charge < -0.3 is 10.1 Å². The second-order valence-corrected chi connectivity index (χ2v) is 2.06. The van der Waals surface area contributed by atoms with Crippen molar-refractivity contribution in [2.45, 2.75) is 13.8 Å². The predicted octanol–water partition coefficient (Wildman–Crippen LogP) is 1.31. The van der Waals surface area contributed by atoms with Crippen molar-refractivity contribution in [2.24, 2.45) is 0 Å². The molecule has 0 unspecified atom stereocenters. The molecule has 0 fully saturated rings. The molecule has 0 bridgehead atoms. The van der Waals surface area contributed by atoms with Crippen molar-refractivity contribution in [1.82, 2.24) is 5.32 Å². The third kappa shape index (κ3) is 5.15. The highest BCUT2D eigenvalue weighted by molar-refractivity contribution is 5.67. The summed E-state index contributed by atoms with van der Waals surface area (Å²) in [7, 11) is 0. The largest absolute Gasteiger partial charge is 0.445 e. The van der Waals surface area contributed by atoms with E-state index >= 15 is 0 Å². The number of amides is 1. The van der Waals surface area contributed by atoms with Gasteiger partial charge in [0.15, 0.2) is 0 Å². The van der Waals surface area contributed by atoms with Gasteiger partial charge in [0.05, 0.1) is 0 Å². The molecular formula is C7H13NO2. The van der Waals surface area contributed by atoms with Crippen LogP contribution in [0.1, 0.15) is 13.8 Å². The summed E-state index contributed by atoms with van der Waals surface area (Å²) >= 11 is 0. The van der Waals surface area contributed by atoms with E-state index in [1.807, 2.05) is 6.92 Å². The topological polar surface area (TPSA) is 38.3 Å². The first-order valence-corrected chi connectivity index (χ1v) is 3.21. The van der Waals surface area contributed by atoms with Crippen LogP contribution in [0.15, 0.2) is 12.2 Å². The van der Waals surface area contributed by atoms with Gasteiger partial charge in [-0.1, -0.05) is 6.58 Å². The summed E-state index contributed by atoms with van der Waals surface area (Å²) in [6, 6.07) is 0. The van der Waals surface area contributed by atoms with Crippen LogP contribution in [0.4, 0.5) is 4.79 Å². The van der Waals surface area contributed by atoms with Crippen molar-refractivity contribution in [3.05, 3.63) is 12.2 Å². The molecule has 0 aliphatic carbocycles. The summed E-state index contributed by atoms with van der Waals surface area (Å²) < 4.78 is 4.69. The van der Waals surface area contributed by atoms with E-state index in [2.05, 4.69) is 11.9 Å². The number of hydrogen-bond acceptors (Lipinski definition) is 2. The van der Waals surface area contributed by atoms with Crippen molar-refractivity contribution < 1.29 is 9.53 Å². The van der Waals surface area contributed by atoms with Gasteiger partial charge in [-0.25, -0.2) is 4.79 Å². The van der Waals surface area contributed by atoms with Crippen LogP contribution < -0.4 is 5.32 Å². The first kappa shape index (κ1) is 9.01. The summed E-state index contributed by atoms with van der Waals surface area (Å²) in [6.45, 7) is 8.11. The fraction of sp³-hybridized carbons (Fsp3) is 0.571. The number of alkyl carbamates (subject to hydrolysis) is 1. The Kier molecular flexibility index (Phi) is 4.37. The minimum Gasteiger partial charge on any atom is -0.445 e. The zero-order valence-corrected chi connectivity index (χ0v) is 6.44. The number of rotatable bonds is 3. The molecule has 0 aliphatic heterocycles. The minimum absolute atomic E-state index is 0.297. The van der Waals surface area contributed by atoms with E-state index in [4.69, 9.17) is 4.74 Å². The highest BCUT2D eigenvalue weighted by atomic mass is 16.5. The lowest BCUT2D eigenvalue weighted by molar-refractivity contribution is 0.156. The molecule has 58 valence electrons. The summed E-state index contributed by atoms with van der Waals surface area (Å²) in [6.07, 6.45) is -0.384. The number of hydrogen-bond donors (Lipinski definition) is 1. The number of ether oxygens (including phenoxy) is 1. The summed E-state index contributed by atoms with van der Waals surface area (Å²) in [4.78, 5) is 10.6. The van der Waals surface area contributed by atoms with Gasteiger partial charge >= 0.3 is 6.09 Å². The Labute approximate surface area is 61.1 Å². The highest BCUT2D eigenvalue weighted by Gasteiger charge is 1.96. The van der Waals surface area contributed by atoms with Gasteiger partial charge in [0, 0.05) is 6.54 Å². The second kappa shape index (κ2) is 4.85. The maximum absolute atomic E-state index is 10.6. The SMILES string of the molecule is C=C(C)COC(=O)NCC. The molecule has 10 heavy (non-hydrogen) atoms. The summed E-state index contributed by atoms with van der Waals surface area (Å²) in [5, 5.41) is 2.50. The molecule has 1 amide bonds. The van der Waals surface area contributed by atoms with Crippen molar-refractivity contribution in [2.75, 3.05) is 13.2 Å². The summed E-state index contributed by atoms with van der Waals surface area (Å²) in [5.41, 5.74) is 0.839. The molecule has 3 nitrogen and oxygen atoms in total. The molecule has 0 aromatic carbocycles. The monoisotopic (exact) mass is 143 g/mol. The average molecular weight is 143 g/mol. The first-order chi connectivity index (χ1) is 4.66. The number of carbonyl (C=O) groups excluding carboxylic acids is 1. The van der Waals surface area contributed by atoms with Crippen LogP contribution in [-0.2, 0) is 4.74 Å². The maximum atomic E-state index is 10.6. The smallest absolute Gasteiger partial charge is 0.407 e. The third-order valence-electron chi connectivity index (χ3n) is 0.771.